The van der Waals surface area contributed by atoms with Crippen molar-refractivity contribution < 1.29 is 14.3 Å². The van der Waals surface area contributed by atoms with Crippen LogP contribution >= 0.6 is 0 Å². The molecule has 0 saturated carbocycles. The van der Waals surface area contributed by atoms with Gasteiger partial charge in [0.25, 0.3) is 0 Å². The number of piperidine rings is 2. The lowest BCUT2D eigenvalue weighted by molar-refractivity contribution is -0.158. The Morgan fingerprint density at radius 1 is 1.12 bits per heavy atom. The van der Waals surface area contributed by atoms with E-state index in [2.05, 4.69) is 14.9 Å². The SMILES string of the molecule is CCOC(=O)[C@H]1CCCCN1C(=O)C1CCN(c2ncccn2)CC1. The second-order valence-electron chi connectivity index (χ2n) is 6.61. The highest BCUT2D eigenvalue weighted by Crippen LogP contribution is 2.26. The van der Waals surface area contributed by atoms with Crippen LogP contribution in [0.2, 0.25) is 0 Å². The highest BCUT2D eigenvalue weighted by atomic mass is 16.5. The maximum absolute atomic E-state index is 13.0. The van der Waals surface area contributed by atoms with Crippen molar-refractivity contribution in [2.24, 2.45) is 5.92 Å². The van der Waals surface area contributed by atoms with E-state index in [1.54, 1.807) is 30.3 Å². The number of carbonyl (C=O) groups excluding carboxylic acids is 2. The normalized spacial score (nSPS) is 21.9. The van der Waals surface area contributed by atoms with Gasteiger partial charge in [0.05, 0.1) is 6.61 Å². The number of hydrogen-bond acceptors (Lipinski definition) is 6. The largest absolute Gasteiger partial charge is 0.464 e. The Morgan fingerprint density at radius 2 is 1.84 bits per heavy atom. The predicted molar refractivity (Wildman–Crippen MR) is 93.0 cm³/mol. The molecule has 25 heavy (non-hydrogen) atoms. The smallest absolute Gasteiger partial charge is 0.328 e. The Labute approximate surface area is 148 Å². The molecule has 0 aromatic carbocycles. The Kier molecular flexibility index (Phi) is 5.83. The molecule has 2 aliphatic heterocycles. The fraction of sp³-hybridized carbons (Fsp3) is 0.667. The van der Waals surface area contributed by atoms with Crippen LogP contribution in [0.1, 0.15) is 39.0 Å². The van der Waals surface area contributed by atoms with E-state index < -0.39 is 6.04 Å². The average molecular weight is 346 g/mol. The molecule has 1 amide bonds. The van der Waals surface area contributed by atoms with Gasteiger partial charge in [0, 0.05) is 37.9 Å². The number of rotatable bonds is 4. The molecule has 0 radical (unpaired) electrons. The number of likely N-dealkylation sites (tertiary alicyclic amines) is 1. The van der Waals surface area contributed by atoms with E-state index in [4.69, 9.17) is 4.74 Å². The van der Waals surface area contributed by atoms with Crippen LogP contribution in [0.15, 0.2) is 18.5 Å². The molecule has 0 unspecified atom stereocenters. The minimum absolute atomic E-state index is 0.0324. The van der Waals surface area contributed by atoms with Gasteiger partial charge >= 0.3 is 5.97 Å². The summed E-state index contributed by atoms with van der Waals surface area (Å²) < 4.78 is 5.17. The minimum atomic E-state index is -0.406. The third-order valence-electron chi connectivity index (χ3n) is 5.02. The van der Waals surface area contributed by atoms with Crippen molar-refractivity contribution in [3.8, 4) is 0 Å². The molecular weight excluding hydrogens is 320 g/mol. The molecule has 3 heterocycles. The molecule has 7 nitrogen and oxygen atoms in total. The average Bonchev–Trinajstić information content (AvgIpc) is 2.68. The lowest BCUT2D eigenvalue weighted by atomic mass is 9.92. The van der Waals surface area contributed by atoms with E-state index in [0.29, 0.717) is 19.6 Å². The van der Waals surface area contributed by atoms with Crippen LogP contribution in [0.5, 0.6) is 0 Å². The summed E-state index contributed by atoms with van der Waals surface area (Å²) in [6.07, 6.45) is 7.64. The van der Waals surface area contributed by atoms with Gasteiger partial charge in [0.15, 0.2) is 0 Å². The Morgan fingerprint density at radius 3 is 2.52 bits per heavy atom. The number of anilines is 1. The number of amides is 1. The first-order valence-electron chi connectivity index (χ1n) is 9.19. The zero-order valence-electron chi connectivity index (χ0n) is 14.8. The van der Waals surface area contributed by atoms with E-state index >= 15 is 0 Å². The van der Waals surface area contributed by atoms with Gasteiger partial charge in [0.1, 0.15) is 6.04 Å². The number of nitrogens with zero attached hydrogens (tertiary/aromatic N) is 4. The van der Waals surface area contributed by atoms with Crippen LogP contribution in [-0.4, -0.2) is 59.0 Å². The molecule has 1 aromatic rings. The van der Waals surface area contributed by atoms with Crippen molar-refractivity contribution >= 4 is 17.8 Å². The Balaban J connectivity index is 1.60. The molecule has 1 atom stereocenters. The molecule has 3 rings (SSSR count). The third kappa shape index (κ3) is 4.08. The van der Waals surface area contributed by atoms with Crippen molar-refractivity contribution in [2.75, 3.05) is 31.1 Å². The first kappa shape index (κ1) is 17.6. The lowest BCUT2D eigenvalue weighted by Gasteiger charge is -2.38. The zero-order valence-corrected chi connectivity index (χ0v) is 14.8. The van der Waals surface area contributed by atoms with Gasteiger partial charge in [-0.3, -0.25) is 4.79 Å². The summed E-state index contributed by atoms with van der Waals surface area (Å²) in [5.41, 5.74) is 0. The molecule has 2 aliphatic rings. The lowest BCUT2D eigenvalue weighted by Crippen LogP contribution is -2.52. The summed E-state index contributed by atoms with van der Waals surface area (Å²) in [6.45, 7) is 4.34. The fourth-order valence-corrected chi connectivity index (χ4v) is 3.69. The quantitative estimate of drug-likeness (QED) is 0.772. The van der Waals surface area contributed by atoms with Gasteiger partial charge in [-0.05, 0) is 45.1 Å². The van der Waals surface area contributed by atoms with Crippen LogP contribution in [0.4, 0.5) is 5.95 Å². The summed E-state index contributed by atoms with van der Waals surface area (Å²) in [5.74, 6) is 0.530. The molecule has 0 spiro atoms. The van der Waals surface area contributed by atoms with Crippen LogP contribution in [0.25, 0.3) is 0 Å². The van der Waals surface area contributed by atoms with Crippen LogP contribution in [-0.2, 0) is 14.3 Å². The van der Waals surface area contributed by atoms with E-state index in [1.165, 1.54) is 0 Å². The molecule has 7 heteroatoms. The van der Waals surface area contributed by atoms with Crippen molar-refractivity contribution in [1.82, 2.24) is 14.9 Å². The van der Waals surface area contributed by atoms with Gasteiger partial charge in [-0.2, -0.15) is 0 Å². The number of carbonyl (C=O) groups is 2. The van der Waals surface area contributed by atoms with E-state index in [-0.39, 0.29) is 17.8 Å². The maximum atomic E-state index is 13.0. The molecule has 0 bridgehead atoms. The first-order valence-corrected chi connectivity index (χ1v) is 9.19. The second kappa shape index (κ2) is 8.27. The second-order valence-corrected chi connectivity index (χ2v) is 6.61. The van der Waals surface area contributed by atoms with Crippen LogP contribution < -0.4 is 4.90 Å². The summed E-state index contributed by atoms with van der Waals surface area (Å²) in [4.78, 5) is 37.6. The maximum Gasteiger partial charge on any atom is 0.328 e. The number of ether oxygens (including phenoxy) is 1. The summed E-state index contributed by atoms with van der Waals surface area (Å²) in [5, 5.41) is 0. The molecule has 0 aliphatic carbocycles. The van der Waals surface area contributed by atoms with Crippen molar-refractivity contribution in [2.45, 2.75) is 45.1 Å². The van der Waals surface area contributed by atoms with E-state index in [0.717, 1.165) is 44.7 Å². The highest BCUT2D eigenvalue weighted by Gasteiger charge is 2.37. The van der Waals surface area contributed by atoms with Gasteiger partial charge in [0.2, 0.25) is 11.9 Å². The minimum Gasteiger partial charge on any atom is -0.464 e. The van der Waals surface area contributed by atoms with Gasteiger partial charge in [-0.25, -0.2) is 14.8 Å². The highest BCUT2D eigenvalue weighted by molar-refractivity contribution is 5.86. The summed E-state index contributed by atoms with van der Waals surface area (Å²) >= 11 is 0. The van der Waals surface area contributed by atoms with Crippen molar-refractivity contribution in [1.29, 1.82) is 0 Å². The van der Waals surface area contributed by atoms with Crippen LogP contribution in [0, 0.1) is 5.92 Å². The van der Waals surface area contributed by atoms with Crippen molar-refractivity contribution in [3.63, 3.8) is 0 Å². The molecule has 1 aromatic heterocycles. The monoisotopic (exact) mass is 346 g/mol. The Bertz CT molecular complexity index is 587. The van der Waals surface area contributed by atoms with E-state index in [1.807, 2.05) is 0 Å². The molecule has 136 valence electrons. The zero-order chi connectivity index (χ0) is 17.6. The number of hydrogen-bond donors (Lipinski definition) is 0. The Hall–Kier alpha value is -2.18. The molecule has 2 fully saturated rings. The van der Waals surface area contributed by atoms with E-state index in [9.17, 15) is 9.59 Å². The summed E-state index contributed by atoms with van der Waals surface area (Å²) in [6, 6.07) is 1.39. The standard InChI is InChI=1S/C18H26N4O3/c1-2-25-17(24)15-6-3-4-11-22(15)16(23)14-7-12-21(13-8-14)18-19-9-5-10-20-18/h5,9-10,14-15H,2-4,6-8,11-13H2,1H3/t15-/m1/s1. The summed E-state index contributed by atoms with van der Waals surface area (Å²) in [7, 11) is 0. The van der Waals surface area contributed by atoms with Gasteiger partial charge in [-0.15, -0.1) is 0 Å². The van der Waals surface area contributed by atoms with Crippen LogP contribution in [0.3, 0.4) is 0 Å². The molecular formula is C18H26N4O3. The first-order chi connectivity index (χ1) is 12.2. The van der Waals surface area contributed by atoms with Gasteiger partial charge in [-0.1, -0.05) is 0 Å². The third-order valence-corrected chi connectivity index (χ3v) is 5.02. The van der Waals surface area contributed by atoms with Gasteiger partial charge < -0.3 is 14.5 Å². The molecule has 0 N–H and O–H groups in total. The topological polar surface area (TPSA) is 75.6 Å². The predicted octanol–water partition coefficient (Wildman–Crippen LogP) is 1.64. The number of esters is 1. The fourth-order valence-electron chi connectivity index (χ4n) is 3.69. The molecule has 2 saturated heterocycles. The van der Waals surface area contributed by atoms with Crippen molar-refractivity contribution in [3.05, 3.63) is 18.5 Å². The number of aromatic nitrogens is 2.